The highest BCUT2D eigenvalue weighted by Crippen LogP contribution is 2.27. The van der Waals surface area contributed by atoms with E-state index in [1.165, 1.54) is 19.2 Å². The van der Waals surface area contributed by atoms with Gasteiger partial charge in [0, 0.05) is 37.7 Å². The predicted molar refractivity (Wildman–Crippen MR) is 108 cm³/mol. The van der Waals surface area contributed by atoms with Crippen LogP contribution in [0.3, 0.4) is 0 Å². The Kier molecular flexibility index (Phi) is 7.13. The van der Waals surface area contributed by atoms with Crippen LogP contribution in [-0.4, -0.2) is 57.9 Å². The lowest BCUT2D eigenvalue weighted by atomic mass is 10.2. The molecule has 1 heterocycles. The minimum Gasteiger partial charge on any atom is -0.495 e. The van der Waals surface area contributed by atoms with Crippen molar-refractivity contribution >= 4 is 21.8 Å². The zero-order valence-electron chi connectivity index (χ0n) is 16.8. The Hall–Kier alpha value is -2.13. The van der Waals surface area contributed by atoms with E-state index in [1.54, 1.807) is 11.0 Å². The van der Waals surface area contributed by atoms with Crippen molar-refractivity contribution in [3.8, 4) is 5.75 Å². The van der Waals surface area contributed by atoms with Crippen LogP contribution in [0.1, 0.15) is 55.3 Å². The summed E-state index contributed by atoms with van der Waals surface area (Å²) in [5.74, 6) is 0.0217. The van der Waals surface area contributed by atoms with E-state index in [4.69, 9.17) is 4.74 Å². The molecule has 0 unspecified atom stereocenters. The minimum absolute atomic E-state index is 0.0257. The topological polar surface area (TPSA) is 105 Å². The monoisotopic (exact) mass is 423 g/mol. The zero-order chi connectivity index (χ0) is 20.9. The van der Waals surface area contributed by atoms with E-state index in [0.29, 0.717) is 25.9 Å². The van der Waals surface area contributed by atoms with Gasteiger partial charge in [0.15, 0.2) is 0 Å². The number of nitrogens with zero attached hydrogens (tertiary/aromatic N) is 1. The van der Waals surface area contributed by atoms with E-state index in [1.807, 2.05) is 0 Å². The highest BCUT2D eigenvalue weighted by Gasteiger charge is 2.26. The smallest absolute Gasteiger partial charge is 0.251 e. The lowest BCUT2D eigenvalue weighted by Crippen LogP contribution is -2.33. The van der Waals surface area contributed by atoms with Gasteiger partial charge in [0.05, 0.1) is 7.11 Å². The first kappa shape index (κ1) is 21.6. The van der Waals surface area contributed by atoms with E-state index in [9.17, 15) is 18.0 Å². The summed E-state index contributed by atoms with van der Waals surface area (Å²) in [7, 11) is -2.38. The number of nitrogens with one attached hydrogen (secondary N) is 2. The Morgan fingerprint density at radius 1 is 1.24 bits per heavy atom. The first-order valence-corrected chi connectivity index (χ1v) is 11.7. The Labute approximate surface area is 172 Å². The fourth-order valence-corrected chi connectivity index (χ4v) is 5.37. The maximum Gasteiger partial charge on any atom is 0.251 e. The standard InChI is InChI=1S/C20H29N3O5S/c1-28-17-10-9-15(14-18(17)29(26,27)22-16-6-2-3-7-16)20(25)21-11-5-13-23-12-4-8-19(23)24/h9-10,14,16,22H,2-8,11-13H2,1H3,(H,21,25). The van der Waals surface area contributed by atoms with Crippen LogP contribution < -0.4 is 14.8 Å². The molecule has 2 N–H and O–H groups in total. The van der Waals surface area contributed by atoms with Crippen LogP contribution in [0.5, 0.6) is 5.75 Å². The number of ether oxygens (including phenoxy) is 1. The molecule has 1 saturated heterocycles. The molecule has 2 fully saturated rings. The largest absolute Gasteiger partial charge is 0.495 e. The number of rotatable bonds is 9. The Balaban J connectivity index is 1.62. The maximum atomic E-state index is 12.8. The number of methoxy groups -OCH3 is 1. The second kappa shape index (κ2) is 9.58. The summed E-state index contributed by atoms with van der Waals surface area (Å²) in [4.78, 5) is 25.9. The van der Waals surface area contributed by atoms with Crippen LogP contribution in [0.4, 0.5) is 0 Å². The molecule has 3 rings (SSSR count). The average Bonchev–Trinajstić information content (AvgIpc) is 3.36. The molecule has 1 aliphatic carbocycles. The SMILES string of the molecule is COc1ccc(C(=O)NCCCN2CCCC2=O)cc1S(=O)(=O)NC1CCCC1. The predicted octanol–water partition coefficient (Wildman–Crippen LogP) is 1.66. The van der Waals surface area contributed by atoms with Crippen LogP contribution in [0.25, 0.3) is 0 Å². The van der Waals surface area contributed by atoms with Crippen molar-refractivity contribution < 1.29 is 22.7 Å². The molecule has 29 heavy (non-hydrogen) atoms. The highest BCUT2D eigenvalue weighted by atomic mass is 32.2. The molecular formula is C20H29N3O5S. The molecule has 160 valence electrons. The fraction of sp³-hybridized carbons (Fsp3) is 0.600. The van der Waals surface area contributed by atoms with Crippen LogP contribution in [0, 0.1) is 0 Å². The molecule has 1 aliphatic heterocycles. The van der Waals surface area contributed by atoms with Crippen LogP contribution in [0.2, 0.25) is 0 Å². The normalized spacial score (nSPS) is 17.7. The fourth-order valence-electron chi connectivity index (χ4n) is 3.87. The highest BCUT2D eigenvalue weighted by molar-refractivity contribution is 7.89. The van der Waals surface area contributed by atoms with Gasteiger partial charge in [-0.3, -0.25) is 9.59 Å². The number of benzene rings is 1. The quantitative estimate of drug-likeness (QED) is 0.588. The zero-order valence-corrected chi connectivity index (χ0v) is 17.6. The Morgan fingerprint density at radius 2 is 2.00 bits per heavy atom. The van der Waals surface area contributed by atoms with Gasteiger partial charge in [-0.2, -0.15) is 0 Å². The van der Waals surface area contributed by atoms with Crippen molar-refractivity contribution in [3.63, 3.8) is 0 Å². The molecule has 2 amide bonds. The Morgan fingerprint density at radius 3 is 2.66 bits per heavy atom. The molecule has 0 aromatic heterocycles. The third kappa shape index (κ3) is 5.48. The van der Waals surface area contributed by atoms with E-state index in [-0.39, 0.29) is 34.1 Å². The number of sulfonamides is 1. The van der Waals surface area contributed by atoms with Gasteiger partial charge in [-0.25, -0.2) is 13.1 Å². The first-order valence-electron chi connectivity index (χ1n) is 10.2. The summed E-state index contributed by atoms with van der Waals surface area (Å²) in [5, 5.41) is 2.79. The Bertz CT molecular complexity index is 850. The molecule has 1 aromatic carbocycles. The van der Waals surface area contributed by atoms with Gasteiger partial charge >= 0.3 is 0 Å². The van der Waals surface area contributed by atoms with Gasteiger partial charge in [-0.05, 0) is 43.9 Å². The summed E-state index contributed by atoms with van der Waals surface area (Å²) in [5.41, 5.74) is 0.259. The molecule has 0 radical (unpaired) electrons. The van der Waals surface area contributed by atoms with Gasteiger partial charge in [-0.15, -0.1) is 0 Å². The number of likely N-dealkylation sites (tertiary alicyclic amines) is 1. The molecular weight excluding hydrogens is 394 g/mol. The molecule has 9 heteroatoms. The van der Waals surface area contributed by atoms with Crippen LogP contribution in [0.15, 0.2) is 23.1 Å². The maximum absolute atomic E-state index is 12.8. The van der Waals surface area contributed by atoms with Crippen molar-refractivity contribution in [2.75, 3.05) is 26.7 Å². The molecule has 1 saturated carbocycles. The van der Waals surface area contributed by atoms with Crippen LogP contribution >= 0.6 is 0 Å². The molecule has 8 nitrogen and oxygen atoms in total. The van der Waals surface area contributed by atoms with E-state index in [2.05, 4.69) is 10.0 Å². The van der Waals surface area contributed by atoms with E-state index < -0.39 is 10.0 Å². The lowest BCUT2D eigenvalue weighted by Gasteiger charge is -2.16. The van der Waals surface area contributed by atoms with Gasteiger partial charge in [0.25, 0.3) is 5.91 Å². The van der Waals surface area contributed by atoms with E-state index >= 15 is 0 Å². The van der Waals surface area contributed by atoms with Gasteiger partial charge in [0.2, 0.25) is 15.9 Å². The number of hydrogen-bond donors (Lipinski definition) is 2. The molecule has 0 spiro atoms. The lowest BCUT2D eigenvalue weighted by molar-refractivity contribution is -0.127. The van der Waals surface area contributed by atoms with Crippen LogP contribution in [-0.2, 0) is 14.8 Å². The van der Waals surface area contributed by atoms with Crippen molar-refractivity contribution in [2.45, 2.75) is 55.9 Å². The summed E-state index contributed by atoms with van der Waals surface area (Å²) < 4.78 is 33.6. The number of amides is 2. The number of carbonyl (C=O) groups excluding carboxylic acids is 2. The summed E-state index contributed by atoms with van der Waals surface area (Å²) >= 11 is 0. The molecule has 1 aromatic rings. The number of hydrogen-bond acceptors (Lipinski definition) is 5. The molecule has 2 aliphatic rings. The second-order valence-corrected chi connectivity index (χ2v) is 9.24. The summed E-state index contributed by atoms with van der Waals surface area (Å²) in [6.45, 7) is 1.81. The average molecular weight is 424 g/mol. The third-order valence-electron chi connectivity index (χ3n) is 5.45. The van der Waals surface area contributed by atoms with E-state index in [0.717, 1.165) is 38.6 Å². The van der Waals surface area contributed by atoms with Crippen molar-refractivity contribution in [1.29, 1.82) is 0 Å². The van der Waals surface area contributed by atoms with Crippen molar-refractivity contribution in [3.05, 3.63) is 23.8 Å². The number of carbonyl (C=O) groups is 2. The summed E-state index contributed by atoms with van der Waals surface area (Å²) in [6, 6.07) is 4.33. The first-order chi connectivity index (χ1) is 13.9. The second-order valence-electron chi connectivity index (χ2n) is 7.56. The molecule has 0 bridgehead atoms. The van der Waals surface area contributed by atoms with Gasteiger partial charge in [-0.1, -0.05) is 12.8 Å². The van der Waals surface area contributed by atoms with Gasteiger partial charge < -0.3 is 15.0 Å². The van der Waals surface area contributed by atoms with Crippen molar-refractivity contribution in [2.24, 2.45) is 0 Å². The van der Waals surface area contributed by atoms with Crippen molar-refractivity contribution in [1.82, 2.24) is 14.9 Å². The third-order valence-corrected chi connectivity index (χ3v) is 7.00. The minimum atomic E-state index is -3.78. The molecule has 0 atom stereocenters. The summed E-state index contributed by atoms with van der Waals surface area (Å²) in [6.07, 6.45) is 5.81. The van der Waals surface area contributed by atoms with Gasteiger partial charge in [0.1, 0.15) is 10.6 Å².